The fraction of sp³-hybridized carbons (Fsp3) is 0.0870. The first-order valence-corrected chi connectivity index (χ1v) is 10.6. The normalized spacial score (nSPS) is 10.6. The number of pyridine rings is 1. The molecule has 0 aliphatic rings. The molecule has 0 radical (unpaired) electrons. The lowest BCUT2D eigenvalue weighted by Crippen LogP contribution is -2.15. The van der Waals surface area contributed by atoms with Crippen LogP contribution in [-0.2, 0) is 4.79 Å². The number of thiazole rings is 1. The molecule has 5 nitrogen and oxygen atoms in total. The maximum atomic E-state index is 12.3. The fourth-order valence-corrected chi connectivity index (χ4v) is 3.77. The van der Waals surface area contributed by atoms with Gasteiger partial charge in [-0.25, -0.2) is 4.98 Å². The van der Waals surface area contributed by atoms with Crippen LogP contribution in [0.25, 0.3) is 21.8 Å². The molecule has 0 spiro atoms. The predicted molar refractivity (Wildman–Crippen MR) is 121 cm³/mol. The summed E-state index contributed by atoms with van der Waals surface area (Å²) in [5.41, 5.74) is 3.57. The zero-order valence-electron chi connectivity index (χ0n) is 15.9. The van der Waals surface area contributed by atoms with Crippen molar-refractivity contribution in [1.82, 2.24) is 9.97 Å². The molecule has 0 aliphatic heterocycles. The Bertz CT molecular complexity index is 1130. The highest BCUT2D eigenvalue weighted by Crippen LogP contribution is 2.29. The summed E-state index contributed by atoms with van der Waals surface area (Å²) in [6.45, 7) is 0.286. The Balaban J connectivity index is 1.36. The van der Waals surface area contributed by atoms with Gasteiger partial charge in [0.1, 0.15) is 10.8 Å². The van der Waals surface area contributed by atoms with Crippen LogP contribution in [0.3, 0.4) is 0 Å². The molecule has 0 saturated carbocycles. The molecule has 0 atom stereocenters. The molecule has 1 N–H and O–H groups in total. The summed E-state index contributed by atoms with van der Waals surface area (Å²) in [5.74, 6) is 0.569. The first kappa shape index (κ1) is 20.1. The van der Waals surface area contributed by atoms with Crippen molar-refractivity contribution in [2.75, 3.05) is 11.9 Å². The van der Waals surface area contributed by atoms with Crippen LogP contribution in [0.1, 0.15) is 6.42 Å². The molecule has 1 amide bonds. The number of nitrogens with one attached hydrogen (secondary N) is 1. The Labute approximate surface area is 183 Å². The summed E-state index contributed by atoms with van der Waals surface area (Å²) in [4.78, 5) is 21.0. The van der Waals surface area contributed by atoms with Crippen molar-refractivity contribution in [3.8, 4) is 27.6 Å². The van der Waals surface area contributed by atoms with E-state index in [1.807, 2.05) is 41.8 Å². The van der Waals surface area contributed by atoms with Crippen LogP contribution in [0.4, 0.5) is 5.69 Å². The first-order chi connectivity index (χ1) is 14.7. The van der Waals surface area contributed by atoms with E-state index >= 15 is 0 Å². The van der Waals surface area contributed by atoms with Crippen molar-refractivity contribution in [3.63, 3.8) is 0 Å². The third-order valence-electron chi connectivity index (χ3n) is 4.29. The van der Waals surface area contributed by atoms with Crippen LogP contribution in [-0.4, -0.2) is 22.5 Å². The van der Waals surface area contributed by atoms with E-state index in [2.05, 4.69) is 10.3 Å². The molecule has 150 valence electrons. The highest BCUT2D eigenvalue weighted by atomic mass is 35.5. The number of hydrogen-bond donors (Lipinski definition) is 1. The van der Waals surface area contributed by atoms with Gasteiger partial charge in [0.25, 0.3) is 0 Å². The molecular formula is C23H18ClN3O2S. The average molecular weight is 436 g/mol. The molecule has 2 aromatic heterocycles. The number of amides is 1. The summed E-state index contributed by atoms with van der Waals surface area (Å²) >= 11 is 7.43. The zero-order chi connectivity index (χ0) is 20.8. The quantitative estimate of drug-likeness (QED) is 0.390. The molecule has 2 heterocycles. The van der Waals surface area contributed by atoms with Crippen LogP contribution >= 0.6 is 22.9 Å². The van der Waals surface area contributed by atoms with Gasteiger partial charge in [0.15, 0.2) is 0 Å². The summed E-state index contributed by atoms with van der Waals surface area (Å²) in [5, 5.41) is 6.50. The van der Waals surface area contributed by atoms with E-state index in [1.165, 1.54) is 0 Å². The topological polar surface area (TPSA) is 64.1 Å². The highest BCUT2D eigenvalue weighted by Gasteiger charge is 2.09. The Morgan fingerprint density at radius 2 is 1.83 bits per heavy atom. The van der Waals surface area contributed by atoms with E-state index in [-0.39, 0.29) is 18.9 Å². The van der Waals surface area contributed by atoms with E-state index in [0.717, 1.165) is 27.5 Å². The van der Waals surface area contributed by atoms with Gasteiger partial charge in [-0.2, -0.15) is 0 Å². The third-order valence-corrected chi connectivity index (χ3v) is 5.43. The number of halogens is 1. The lowest BCUT2D eigenvalue weighted by atomic mass is 10.1. The number of benzene rings is 2. The smallest absolute Gasteiger partial charge is 0.227 e. The minimum absolute atomic E-state index is 0.114. The van der Waals surface area contributed by atoms with Gasteiger partial charge >= 0.3 is 0 Å². The SMILES string of the molecule is O=C(CCOc1ccc(Cl)cc1)Nc1cccc(-c2csc(-c3ccncc3)n2)c1. The molecular weight excluding hydrogens is 418 g/mol. The Kier molecular flexibility index (Phi) is 6.37. The van der Waals surface area contributed by atoms with Gasteiger partial charge < -0.3 is 10.1 Å². The molecule has 0 fully saturated rings. The molecule has 0 aliphatic carbocycles. The zero-order valence-corrected chi connectivity index (χ0v) is 17.5. The Morgan fingerprint density at radius 3 is 2.63 bits per heavy atom. The van der Waals surface area contributed by atoms with Gasteiger partial charge in [0, 0.05) is 39.6 Å². The van der Waals surface area contributed by atoms with E-state index in [4.69, 9.17) is 21.3 Å². The number of rotatable bonds is 7. The first-order valence-electron chi connectivity index (χ1n) is 9.32. The summed E-state index contributed by atoms with van der Waals surface area (Å²) in [6, 6.07) is 18.6. The van der Waals surface area contributed by atoms with Gasteiger partial charge in [-0.05, 0) is 48.5 Å². The van der Waals surface area contributed by atoms with E-state index in [1.54, 1.807) is 48.0 Å². The van der Waals surface area contributed by atoms with E-state index < -0.39 is 0 Å². The van der Waals surface area contributed by atoms with Crippen molar-refractivity contribution in [2.45, 2.75) is 6.42 Å². The summed E-state index contributed by atoms with van der Waals surface area (Å²) < 4.78 is 5.57. The molecule has 4 rings (SSSR count). The van der Waals surface area contributed by atoms with Crippen molar-refractivity contribution in [3.05, 3.63) is 83.5 Å². The maximum Gasteiger partial charge on any atom is 0.227 e. The molecule has 4 aromatic rings. The van der Waals surface area contributed by atoms with Crippen molar-refractivity contribution in [2.24, 2.45) is 0 Å². The second-order valence-electron chi connectivity index (χ2n) is 6.46. The summed E-state index contributed by atoms with van der Waals surface area (Å²) in [7, 11) is 0. The number of carbonyl (C=O) groups is 1. The summed E-state index contributed by atoms with van der Waals surface area (Å²) in [6.07, 6.45) is 3.75. The second kappa shape index (κ2) is 9.52. The van der Waals surface area contributed by atoms with Crippen LogP contribution in [0, 0.1) is 0 Å². The number of nitrogens with zero attached hydrogens (tertiary/aromatic N) is 2. The average Bonchev–Trinajstić information content (AvgIpc) is 3.26. The molecule has 0 bridgehead atoms. The lowest BCUT2D eigenvalue weighted by Gasteiger charge is -2.08. The van der Waals surface area contributed by atoms with E-state index in [9.17, 15) is 4.79 Å². The van der Waals surface area contributed by atoms with Crippen LogP contribution in [0.2, 0.25) is 5.02 Å². The maximum absolute atomic E-state index is 12.3. The van der Waals surface area contributed by atoms with Crippen LogP contribution in [0.15, 0.2) is 78.4 Å². The van der Waals surface area contributed by atoms with Crippen molar-refractivity contribution < 1.29 is 9.53 Å². The van der Waals surface area contributed by atoms with Gasteiger partial charge in [-0.3, -0.25) is 9.78 Å². The molecule has 0 unspecified atom stereocenters. The number of ether oxygens (including phenoxy) is 1. The number of carbonyl (C=O) groups excluding carboxylic acids is 1. The minimum atomic E-state index is -0.114. The van der Waals surface area contributed by atoms with Gasteiger partial charge in [-0.15, -0.1) is 11.3 Å². The fourth-order valence-electron chi connectivity index (χ4n) is 2.81. The minimum Gasteiger partial charge on any atom is -0.493 e. The number of aromatic nitrogens is 2. The van der Waals surface area contributed by atoms with Gasteiger partial charge in [0.05, 0.1) is 18.7 Å². The highest BCUT2D eigenvalue weighted by molar-refractivity contribution is 7.13. The molecule has 7 heteroatoms. The van der Waals surface area contributed by atoms with Crippen LogP contribution in [0.5, 0.6) is 5.75 Å². The molecule has 2 aromatic carbocycles. The Morgan fingerprint density at radius 1 is 1.03 bits per heavy atom. The number of anilines is 1. The Hall–Kier alpha value is -3.22. The monoisotopic (exact) mass is 435 g/mol. The van der Waals surface area contributed by atoms with Crippen molar-refractivity contribution >= 4 is 34.5 Å². The second-order valence-corrected chi connectivity index (χ2v) is 7.75. The standard InChI is InChI=1S/C23H18ClN3O2S/c24-18-4-6-20(7-5-18)29-13-10-22(28)26-19-3-1-2-17(14-19)21-15-30-23(27-21)16-8-11-25-12-9-16/h1-9,11-12,14-15H,10,13H2,(H,26,28). The molecule has 30 heavy (non-hydrogen) atoms. The van der Waals surface area contributed by atoms with Crippen LogP contribution < -0.4 is 10.1 Å². The van der Waals surface area contributed by atoms with Gasteiger partial charge in [-0.1, -0.05) is 23.7 Å². The predicted octanol–water partition coefficient (Wildman–Crippen LogP) is 5.93. The lowest BCUT2D eigenvalue weighted by molar-refractivity contribution is -0.116. The molecule has 0 saturated heterocycles. The van der Waals surface area contributed by atoms with Gasteiger partial charge in [0.2, 0.25) is 5.91 Å². The van der Waals surface area contributed by atoms with Crippen molar-refractivity contribution in [1.29, 1.82) is 0 Å². The number of hydrogen-bond acceptors (Lipinski definition) is 5. The third kappa shape index (κ3) is 5.23. The largest absolute Gasteiger partial charge is 0.493 e. The van der Waals surface area contributed by atoms with E-state index in [0.29, 0.717) is 10.8 Å².